The van der Waals surface area contributed by atoms with E-state index in [1.807, 2.05) is 42.4 Å². The summed E-state index contributed by atoms with van der Waals surface area (Å²) in [6.07, 6.45) is -1.83. The van der Waals surface area contributed by atoms with Crippen LogP contribution in [0.3, 0.4) is 0 Å². The van der Waals surface area contributed by atoms with Crippen LogP contribution in [0.1, 0.15) is 0 Å². The second kappa shape index (κ2) is 8.45. The summed E-state index contributed by atoms with van der Waals surface area (Å²) in [5, 5.41) is 9.78. The van der Waals surface area contributed by atoms with E-state index < -0.39 is 36.4 Å². The van der Waals surface area contributed by atoms with Crippen LogP contribution in [0.2, 0.25) is 0 Å². The molecule has 0 amide bonds. The number of halogens is 4. The monoisotopic (exact) mass is 668 g/mol. The van der Waals surface area contributed by atoms with Gasteiger partial charge in [-0.15, -0.1) is 0 Å². The SMILES string of the molecule is OC1O[C@H](CO[S-](#P)I)[C@@H](O[S-](#P)I)C1(Br)Br. The standard InChI is InChI=1S/C5H6Br2I2O4P2S2/c6-5(7)3(13-17(9)15)2(12-4(5)10)1-11-16(8)14/h2-4,10H,1H2/q-2/t2-,3-,4?/m1/s1. The third-order valence-corrected chi connectivity index (χ3v) is 6.21. The summed E-state index contributed by atoms with van der Waals surface area (Å²) in [5.74, 6) is 0. The van der Waals surface area contributed by atoms with Gasteiger partial charge in [0.15, 0.2) is 0 Å². The predicted molar refractivity (Wildman–Crippen MR) is 98.9 cm³/mol. The summed E-state index contributed by atoms with van der Waals surface area (Å²) in [6.45, 7) is 0.290. The molecule has 0 spiro atoms. The molecule has 1 N–H and O–H groups in total. The van der Waals surface area contributed by atoms with Crippen molar-refractivity contribution >= 4 is 105 Å². The van der Waals surface area contributed by atoms with Crippen molar-refractivity contribution in [2.45, 2.75) is 21.7 Å². The first-order valence-electron chi connectivity index (χ1n) is 3.96. The Morgan fingerprint density at radius 2 is 1.94 bits per heavy atom. The molecular weight excluding hydrogens is 664 g/mol. The number of hydrogen-bond donors (Lipinski definition) is 1. The summed E-state index contributed by atoms with van der Waals surface area (Å²) in [7, 11) is 7.28. The molecule has 1 fully saturated rings. The molecule has 0 aromatic rings. The van der Waals surface area contributed by atoms with Crippen LogP contribution in [-0.4, -0.2) is 33.4 Å². The second-order valence-corrected chi connectivity index (χ2v) is 18.8. The summed E-state index contributed by atoms with van der Waals surface area (Å²) >= 11 is 10.8. The summed E-state index contributed by atoms with van der Waals surface area (Å²) in [6, 6.07) is 0. The fraction of sp³-hybridized carbons (Fsp3) is 1.00. The van der Waals surface area contributed by atoms with Crippen LogP contribution in [0, 0.1) is 0 Å². The van der Waals surface area contributed by atoms with Gasteiger partial charge in [-0.25, -0.2) is 0 Å². The van der Waals surface area contributed by atoms with Gasteiger partial charge in [0, 0.05) is 0 Å². The third kappa shape index (κ3) is 5.84. The van der Waals surface area contributed by atoms with E-state index in [9.17, 15) is 5.11 Å². The predicted octanol–water partition coefficient (Wildman–Crippen LogP) is 4.01. The molecule has 0 bridgehead atoms. The van der Waals surface area contributed by atoms with E-state index >= 15 is 0 Å². The van der Waals surface area contributed by atoms with E-state index in [-0.39, 0.29) is 6.61 Å². The fourth-order valence-electron chi connectivity index (χ4n) is 1.18. The molecule has 3 atom stereocenters. The Bertz CT molecular complexity index is 422. The van der Waals surface area contributed by atoms with E-state index in [2.05, 4.69) is 47.5 Å². The molecule has 0 aromatic heterocycles. The zero-order valence-corrected chi connectivity index (χ0v) is 18.7. The Hall–Kier alpha value is 3.82. The van der Waals surface area contributed by atoms with E-state index in [1.54, 1.807) is 0 Å². The molecular formula is C5H6Br2I2O4P2S2-2. The normalized spacial score (nSPS) is 32.4. The van der Waals surface area contributed by atoms with Crippen LogP contribution in [0.5, 0.6) is 0 Å². The van der Waals surface area contributed by atoms with Crippen molar-refractivity contribution in [3.8, 4) is 0 Å². The van der Waals surface area contributed by atoms with E-state index in [0.29, 0.717) is 0 Å². The zero-order chi connectivity index (χ0) is 13.2. The Labute approximate surface area is 149 Å². The molecule has 1 unspecified atom stereocenters. The van der Waals surface area contributed by atoms with Gasteiger partial charge in [-0.05, 0) is 0 Å². The van der Waals surface area contributed by atoms with Crippen molar-refractivity contribution in [1.82, 2.24) is 0 Å². The fourth-order valence-corrected chi connectivity index (χ4v) is 4.68. The average Bonchev–Trinajstić information content (AvgIpc) is 2.38. The van der Waals surface area contributed by atoms with Crippen LogP contribution in [-0.2, 0) is 27.8 Å². The van der Waals surface area contributed by atoms with Crippen molar-refractivity contribution in [2.75, 3.05) is 6.61 Å². The second-order valence-electron chi connectivity index (χ2n) is 2.92. The van der Waals surface area contributed by atoms with Gasteiger partial charge in [0.05, 0.1) is 0 Å². The number of alkyl halides is 2. The Morgan fingerprint density at radius 1 is 1.35 bits per heavy atom. The van der Waals surface area contributed by atoms with Crippen molar-refractivity contribution < 1.29 is 18.2 Å². The Kier molecular flexibility index (Phi) is 9.38. The molecule has 102 valence electrons. The van der Waals surface area contributed by atoms with Gasteiger partial charge in [-0.2, -0.15) is 0 Å². The molecule has 1 saturated heterocycles. The van der Waals surface area contributed by atoms with E-state index in [0.717, 1.165) is 0 Å². The summed E-state index contributed by atoms with van der Waals surface area (Å²) in [4.78, 5) is 0. The molecule has 4 nitrogen and oxygen atoms in total. The number of ether oxygens (including phenoxy) is 1. The van der Waals surface area contributed by atoms with Crippen LogP contribution in [0.4, 0.5) is 0 Å². The first-order valence-corrected chi connectivity index (χ1v) is 15.0. The first-order chi connectivity index (χ1) is 7.75. The minimum absolute atomic E-state index is 0.290. The molecule has 1 heterocycles. The summed E-state index contributed by atoms with van der Waals surface area (Å²) in [5.41, 5.74) is 0. The van der Waals surface area contributed by atoms with Gasteiger partial charge in [0.1, 0.15) is 0 Å². The minimum atomic E-state index is -1.02. The first kappa shape index (κ1) is 18.9. The molecule has 0 saturated carbocycles. The molecule has 0 radical (unpaired) electrons. The number of rotatable bonds is 3. The molecule has 1 rings (SSSR count). The maximum absolute atomic E-state index is 9.78. The van der Waals surface area contributed by atoms with Crippen LogP contribution in [0.15, 0.2) is 0 Å². The molecule has 12 heteroatoms. The molecule has 1 aliphatic rings. The maximum atomic E-state index is 9.78. The van der Waals surface area contributed by atoms with Crippen molar-refractivity contribution in [3.63, 3.8) is 0 Å². The number of aliphatic hydroxyl groups is 1. The number of aliphatic hydroxyl groups excluding tert-OH is 1. The average molecular weight is 670 g/mol. The number of hydrogen-bond acceptors (Lipinski definition) is 6. The van der Waals surface area contributed by atoms with E-state index in [1.165, 1.54) is 0 Å². The van der Waals surface area contributed by atoms with Gasteiger partial charge in [-0.3, -0.25) is 0 Å². The molecule has 0 aliphatic carbocycles. The Balaban J connectivity index is 2.76. The van der Waals surface area contributed by atoms with Crippen LogP contribution >= 0.6 is 89.9 Å². The molecule has 17 heavy (non-hydrogen) atoms. The molecule has 1 aliphatic heterocycles. The van der Waals surface area contributed by atoms with Crippen molar-refractivity contribution in [3.05, 3.63) is 0 Å². The quantitative estimate of drug-likeness (QED) is 0.214. The molecule has 0 aromatic carbocycles. The van der Waals surface area contributed by atoms with Crippen LogP contribution in [0.25, 0.3) is 0 Å². The topological polar surface area (TPSA) is 47.9 Å². The summed E-state index contributed by atoms with van der Waals surface area (Å²) < 4.78 is 15.5. The van der Waals surface area contributed by atoms with Gasteiger partial charge in [-0.1, -0.05) is 0 Å². The van der Waals surface area contributed by atoms with E-state index in [4.69, 9.17) is 13.1 Å². The van der Waals surface area contributed by atoms with Gasteiger partial charge in [0.25, 0.3) is 0 Å². The van der Waals surface area contributed by atoms with Gasteiger partial charge < -0.3 is 0 Å². The third-order valence-electron chi connectivity index (χ3n) is 1.86. The van der Waals surface area contributed by atoms with Crippen molar-refractivity contribution in [2.24, 2.45) is 0 Å². The van der Waals surface area contributed by atoms with Gasteiger partial charge in [0.2, 0.25) is 0 Å². The van der Waals surface area contributed by atoms with Gasteiger partial charge >= 0.3 is 151 Å². The van der Waals surface area contributed by atoms with Crippen molar-refractivity contribution in [1.29, 1.82) is 0 Å². The zero-order valence-electron chi connectivity index (χ0n) is 7.83. The Morgan fingerprint density at radius 3 is 2.41 bits per heavy atom. The van der Waals surface area contributed by atoms with Crippen LogP contribution < -0.4 is 0 Å².